The molecule has 152 valence electrons. The lowest BCUT2D eigenvalue weighted by molar-refractivity contribution is -0.131. The minimum atomic E-state index is -3.24. The summed E-state index contributed by atoms with van der Waals surface area (Å²) in [5, 5.41) is 3.36. The second-order valence-corrected chi connectivity index (χ2v) is 9.55. The molecule has 7 heteroatoms. The van der Waals surface area contributed by atoms with Gasteiger partial charge in [0.2, 0.25) is 5.91 Å². The number of carbonyl (C=O) groups excluding carboxylic acids is 1. The van der Waals surface area contributed by atoms with Crippen molar-refractivity contribution >= 4 is 15.7 Å². The Kier molecular flexibility index (Phi) is 8.10. The maximum absolute atomic E-state index is 12.4. The van der Waals surface area contributed by atoms with Crippen LogP contribution in [-0.2, 0) is 14.6 Å². The fourth-order valence-electron chi connectivity index (χ4n) is 3.42. The predicted octanol–water partition coefficient (Wildman–Crippen LogP) is 2.34. The molecule has 1 unspecified atom stereocenters. The zero-order valence-corrected chi connectivity index (χ0v) is 17.4. The molecule has 0 aliphatic carbocycles. The molecule has 0 bridgehead atoms. The van der Waals surface area contributed by atoms with Crippen molar-refractivity contribution in [3.8, 4) is 5.75 Å². The second-order valence-electron chi connectivity index (χ2n) is 7.53. The molecule has 1 atom stereocenters. The van der Waals surface area contributed by atoms with Gasteiger partial charge in [-0.05, 0) is 62.4 Å². The number of benzene rings is 1. The first-order valence-corrected chi connectivity index (χ1v) is 11.5. The van der Waals surface area contributed by atoms with Crippen LogP contribution < -0.4 is 10.1 Å². The fraction of sp³-hybridized carbons (Fsp3) is 0.650. The summed E-state index contributed by atoms with van der Waals surface area (Å²) in [6, 6.07) is 6.50. The Hall–Kier alpha value is -1.60. The number of carbonyl (C=O) groups is 1. The number of hydrogen-bond donors (Lipinski definition) is 1. The van der Waals surface area contributed by atoms with E-state index < -0.39 is 9.84 Å². The van der Waals surface area contributed by atoms with Crippen molar-refractivity contribution in [1.82, 2.24) is 10.2 Å². The molecule has 1 amide bonds. The largest absolute Gasteiger partial charge is 0.493 e. The highest BCUT2D eigenvalue weighted by Gasteiger charge is 2.23. The topological polar surface area (TPSA) is 75.7 Å². The summed E-state index contributed by atoms with van der Waals surface area (Å²) >= 11 is 0. The van der Waals surface area contributed by atoms with E-state index in [9.17, 15) is 13.2 Å². The molecule has 0 saturated carbocycles. The van der Waals surface area contributed by atoms with Crippen molar-refractivity contribution in [3.63, 3.8) is 0 Å². The zero-order chi connectivity index (χ0) is 19.9. The third-order valence-electron chi connectivity index (χ3n) is 5.25. The van der Waals surface area contributed by atoms with Crippen LogP contribution in [0.2, 0.25) is 0 Å². The molecule has 1 fully saturated rings. The molecule has 27 heavy (non-hydrogen) atoms. The van der Waals surface area contributed by atoms with Crippen molar-refractivity contribution in [2.45, 2.75) is 37.5 Å². The molecule has 1 N–H and O–H groups in total. The Balaban J connectivity index is 1.71. The van der Waals surface area contributed by atoms with E-state index in [2.05, 4.69) is 12.2 Å². The van der Waals surface area contributed by atoms with Crippen LogP contribution in [0.25, 0.3) is 0 Å². The van der Waals surface area contributed by atoms with E-state index >= 15 is 0 Å². The minimum absolute atomic E-state index is 0.181. The van der Waals surface area contributed by atoms with Crippen molar-refractivity contribution in [1.29, 1.82) is 0 Å². The van der Waals surface area contributed by atoms with Crippen LogP contribution in [0, 0.1) is 11.8 Å². The number of piperidine rings is 1. The standard InChI is InChI=1S/C20H32N2O4S/c1-16(17-8-10-21-11-9-17)14-20(23)22(2)12-5-13-26-18-6-4-7-19(15-18)27(3,24)25/h4,6-7,15-17,21H,5,8-14H2,1-3H3. The fourth-order valence-corrected chi connectivity index (χ4v) is 4.08. The van der Waals surface area contributed by atoms with Gasteiger partial charge in [-0.1, -0.05) is 13.0 Å². The molecule has 0 aromatic heterocycles. The van der Waals surface area contributed by atoms with Gasteiger partial charge in [0.05, 0.1) is 11.5 Å². The first-order valence-electron chi connectivity index (χ1n) is 9.65. The van der Waals surface area contributed by atoms with Crippen molar-refractivity contribution in [2.75, 3.05) is 39.5 Å². The number of hydrogen-bond acceptors (Lipinski definition) is 5. The third kappa shape index (κ3) is 7.14. The molecule has 0 radical (unpaired) electrons. The Morgan fingerprint density at radius 1 is 1.33 bits per heavy atom. The maximum atomic E-state index is 12.4. The van der Waals surface area contributed by atoms with E-state index in [1.54, 1.807) is 23.1 Å². The Labute approximate surface area is 163 Å². The summed E-state index contributed by atoms with van der Waals surface area (Å²) in [7, 11) is -1.40. The highest BCUT2D eigenvalue weighted by Crippen LogP contribution is 2.24. The molecule has 1 aliphatic heterocycles. The number of ether oxygens (including phenoxy) is 1. The Morgan fingerprint density at radius 2 is 2.04 bits per heavy atom. The van der Waals surface area contributed by atoms with Gasteiger partial charge >= 0.3 is 0 Å². The van der Waals surface area contributed by atoms with Gasteiger partial charge in [0, 0.05) is 26.3 Å². The lowest BCUT2D eigenvalue weighted by Crippen LogP contribution is -2.34. The highest BCUT2D eigenvalue weighted by molar-refractivity contribution is 7.90. The van der Waals surface area contributed by atoms with Crippen molar-refractivity contribution in [2.24, 2.45) is 11.8 Å². The van der Waals surface area contributed by atoms with E-state index in [-0.39, 0.29) is 10.8 Å². The van der Waals surface area contributed by atoms with Crippen molar-refractivity contribution < 1.29 is 17.9 Å². The summed E-state index contributed by atoms with van der Waals surface area (Å²) in [5.74, 6) is 1.76. The third-order valence-corrected chi connectivity index (χ3v) is 6.36. The molecule has 6 nitrogen and oxygen atoms in total. The Morgan fingerprint density at radius 3 is 2.70 bits per heavy atom. The molecule has 1 aromatic rings. The number of amides is 1. The smallest absolute Gasteiger partial charge is 0.222 e. The molecule has 2 rings (SSSR count). The maximum Gasteiger partial charge on any atom is 0.222 e. The highest BCUT2D eigenvalue weighted by atomic mass is 32.2. The number of nitrogens with zero attached hydrogens (tertiary/aromatic N) is 1. The van der Waals surface area contributed by atoms with Gasteiger partial charge in [0.1, 0.15) is 5.75 Å². The van der Waals surface area contributed by atoms with E-state index in [0.717, 1.165) is 25.9 Å². The van der Waals surface area contributed by atoms with Crippen LogP contribution in [0.3, 0.4) is 0 Å². The van der Waals surface area contributed by atoms with Gasteiger partial charge in [-0.25, -0.2) is 8.42 Å². The van der Waals surface area contributed by atoms with Gasteiger partial charge in [0.25, 0.3) is 0 Å². The first-order chi connectivity index (χ1) is 12.8. The normalized spacial score (nSPS) is 16.7. The molecular weight excluding hydrogens is 364 g/mol. The van der Waals surface area contributed by atoms with Crippen LogP contribution in [0.4, 0.5) is 0 Å². The minimum Gasteiger partial charge on any atom is -0.493 e. The average Bonchev–Trinajstić information content (AvgIpc) is 2.65. The predicted molar refractivity (Wildman–Crippen MR) is 107 cm³/mol. The van der Waals surface area contributed by atoms with Crippen LogP contribution >= 0.6 is 0 Å². The number of sulfone groups is 1. The summed E-state index contributed by atoms with van der Waals surface area (Å²) < 4.78 is 28.8. The Bertz CT molecular complexity index is 714. The SMILES string of the molecule is CC(CC(=O)N(C)CCCOc1cccc(S(C)(=O)=O)c1)C1CCNCC1. The molecule has 1 aliphatic rings. The van der Waals surface area contributed by atoms with Crippen LogP contribution in [0.5, 0.6) is 5.75 Å². The average molecular weight is 397 g/mol. The summed E-state index contributed by atoms with van der Waals surface area (Å²) in [6.45, 7) is 5.35. The van der Waals surface area contributed by atoms with Gasteiger partial charge in [-0.2, -0.15) is 0 Å². The van der Waals surface area contributed by atoms with Gasteiger partial charge in [0.15, 0.2) is 9.84 Å². The number of nitrogens with one attached hydrogen (secondary N) is 1. The summed E-state index contributed by atoms with van der Waals surface area (Å²) in [5.41, 5.74) is 0. The van der Waals surface area contributed by atoms with Crippen LogP contribution in [-0.4, -0.2) is 58.8 Å². The van der Waals surface area contributed by atoms with E-state index in [1.165, 1.54) is 12.3 Å². The monoisotopic (exact) mass is 396 g/mol. The lowest BCUT2D eigenvalue weighted by Gasteiger charge is -2.29. The van der Waals surface area contributed by atoms with Gasteiger partial charge in [-0.15, -0.1) is 0 Å². The van der Waals surface area contributed by atoms with Gasteiger partial charge < -0.3 is 15.0 Å². The lowest BCUT2D eigenvalue weighted by atomic mass is 9.84. The molecule has 1 saturated heterocycles. The molecular formula is C20H32N2O4S. The number of rotatable bonds is 9. The molecule has 1 aromatic carbocycles. The quantitative estimate of drug-likeness (QED) is 0.649. The van der Waals surface area contributed by atoms with Crippen molar-refractivity contribution in [3.05, 3.63) is 24.3 Å². The second kappa shape index (κ2) is 10.1. The molecule has 1 heterocycles. The summed E-state index contributed by atoms with van der Waals surface area (Å²) in [4.78, 5) is 14.4. The van der Waals surface area contributed by atoms with Gasteiger partial charge in [-0.3, -0.25) is 4.79 Å². The zero-order valence-electron chi connectivity index (χ0n) is 16.6. The van der Waals surface area contributed by atoms with E-state index in [4.69, 9.17) is 4.74 Å². The van der Waals surface area contributed by atoms with E-state index in [1.807, 2.05) is 7.05 Å². The first kappa shape index (κ1) is 21.7. The summed E-state index contributed by atoms with van der Waals surface area (Å²) in [6.07, 6.45) is 4.78. The van der Waals surface area contributed by atoms with Crippen LogP contribution in [0.1, 0.15) is 32.6 Å². The van der Waals surface area contributed by atoms with E-state index in [0.29, 0.717) is 43.6 Å². The van der Waals surface area contributed by atoms with Crippen LogP contribution in [0.15, 0.2) is 29.2 Å². The molecule has 0 spiro atoms.